The molecule has 3 aromatic rings. The van der Waals surface area contributed by atoms with Crippen molar-refractivity contribution < 1.29 is 4.79 Å². The normalized spacial score (nSPS) is 12.3. The molecule has 0 aliphatic heterocycles. The summed E-state index contributed by atoms with van der Waals surface area (Å²) in [5.74, 6) is 0.248. The van der Waals surface area contributed by atoms with Gasteiger partial charge in [0.1, 0.15) is 0 Å². The molecule has 0 fully saturated rings. The molecule has 0 bridgehead atoms. The van der Waals surface area contributed by atoms with Gasteiger partial charge in [0.25, 0.3) is 5.56 Å². The number of benzene rings is 2. The lowest BCUT2D eigenvalue weighted by atomic mass is 10.2. The summed E-state index contributed by atoms with van der Waals surface area (Å²) in [7, 11) is 1.80. The molecule has 30 heavy (non-hydrogen) atoms. The van der Waals surface area contributed by atoms with Crippen molar-refractivity contribution in [1.29, 1.82) is 0 Å². The van der Waals surface area contributed by atoms with Crippen LogP contribution in [-0.2, 0) is 17.9 Å². The molecule has 158 valence electrons. The molecule has 1 amide bonds. The first-order valence-electron chi connectivity index (χ1n) is 9.92. The van der Waals surface area contributed by atoms with E-state index < -0.39 is 0 Å². The summed E-state index contributed by atoms with van der Waals surface area (Å²) >= 11 is 7.40. The first-order chi connectivity index (χ1) is 14.3. The average molecular weight is 444 g/mol. The second-order valence-corrected chi connectivity index (χ2v) is 9.55. The van der Waals surface area contributed by atoms with E-state index in [4.69, 9.17) is 16.6 Å². The van der Waals surface area contributed by atoms with E-state index in [1.807, 2.05) is 51.1 Å². The highest BCUT2D eigenvalue weighted by molar-refractivity contribution is 8.00. The second kappa shape index (κ2) is 9.67. The van der Waals surface area contributed by atoms with Crippen molar-refractivity contribution in [2.45, 2.75) is 44.3 Å². The Morgan fingerprint density at radius 1 is 1.17 bits per heavy atom. The molecule has 5 nitrogen and oxygen atoms in total. The Bertz CT molecular complexity index is 1100. The molecule has 1 atom stereocenters. The first-order valence-corrected chi connectivity index (χ1v) is 11.2. The molecule has 1 heterocycles. The van der Waals surface area contributed by atoms with Gasteiger partial charge in [0.15, 0.2) is 5.16 Å². The number of nitrogens with zero attached hydrogens (tertiary/aromatic N) is 3. The van der Waals surface area contributed by atoms with Gasteiger partial charge in [0, 0.05) is 25.2 Å². The summed E-state index contributed by atoms with van der Waals surface area (Å²) in [6.07, 6.45) is 0. The Morgan fingerprint density at radius 3 is 2.53 bits per heavy atom. The number of amides is 1. The van der Waals surface area contributed by atoms with Gasteiger partial charge in [-0.15, -0.1) is 0 Å². The van der Waals surface area contributed by atoms with Gasteiger partial charge in [-0.1, -0.05) is 67.5 Å². The lowest BCUT2D eigenvalue weighted by Crippen LogP contribution is -2.33. The van der Waals surface area contributed by atoms with E-state index in [1.165, 1.54) is 11.8 Å². The Labute approximate surface area is 186 Å². The van der Waals surface area contributed by atoms with Gasteiger partial charge in [-0.2, -0.15) is 0 Å². The van der Waals surface area contributed by atoms with Crippen molar-refractivity contribution in [3.63, 3.8) is 0 Å². The number of aromatic nitrogens is 2. The highest BCUT2D eigenvalue weighted by Gasteiger charge is 2.22. The quantitative estimate of drug-likeness (QED) is 0.387. The highest BCUT2D eigenvalue weighted by atomic mass is 35.5. The van der Waals surface area contributed by atoms with Crippen LogP contribution in [0.5, 0.6) is 0 Å². The monoisotopic (exact) mass is 443 g/mol. The maximum atomic E-state index is 13.1. The van der Waals surface area contributed by atoms with Crippen LogP contribution in [0.2, 0.25) is 5.02 Å². The molecule has 0 unspecified atom stereocenters. The van der Waals surface area contributed by atoms with Crippen LogP contribution in [0.3, 0.4) is 0 Å². The predicted octanol–water partition coefficient (Wildman–Crippen LogP) is 4.85. The fourth-order valence-electron chi connectivity index (χ4n) is 3.24. The number of halogens is 1. The van der Waals surface area contributed by atoms with E-state index in [0.717, 1.165) is 5.56 Å². The van der Waals surface area contributed by atoms with Gasteiger partial charge >= 0.3 is 0 Å². The van der Waals surface area contributed by atoms with Gasteiger partial charge in [0.05, 0.1) is 16.2 Å². The van der Waals surface area contributed by atoms with Crippen LogP contribution in [0, 0.1) is 5.92 Å². The maximum Gasteiger partial charge on any atom is 0.262 e. The zero-order chi connectivity index (χ0) is 21.8. The molecule has 0 aliphatic carbocycles. The molecule has 0 saturated heterocycles. The minimum atomic E-state index is -0.381. The Kier molecular flexibility index (Phi) is 7.21. The molecular formula is C23H26ClN3O2S. The fourth-order valence-corrected chi connectivity index (χ4v) is 4.45. The summed E-state index contributed by atoms with van der Waals surface area (Å²) in [4.78, 5) is 32.5. The van der Waals surface area contributed by atoms with Gasteiger partial charge in [-0.3, -0.25) is 14.2 Å². The molecular weight excluding hydrogens is 418 g/mol. The number of rotatable bonds is 7. The Hall–Kier alpha value is -2.31. The number of thioether (sulfide) groups is 1. The summed E-state index contributed by atoms with van der Waals surface area (Å²) in [6, 6.07) is 15.0. The minimum absolute atomic E-state index is 0.00889. The molecule has 1 aromatic heterocycles. The third-order valence-corrected chi connectivity index (χ3v) is 6.01. The molecule has 7 heteroatoms. The second-order valence-electron chi connectivity index (χ2n) is 7.81. The van der Waals surface area contributed by atoms with Crippen molar-refractivity contribution in [3.05, 3.63) is 69.5 Å². The number of hydrogen-bond donors (Lipinski definition) is 0. The molecule has 2 aromatic carbocycles. The standard InChI is InChI=1S/C23H26ClN3O2S/c1-15(2)13-27-22(29)19-12-18(24)10-11-20(19)25-23(27)30-16(3)21(28)26(4)14-17-8-6-5-7-9-17/h5-12,15-16H,13-14H2,1-4H3/t16-/m0/s1. The zero-order valence-electron chi connectivity index (χ0n) is 17.6. The highest BCUT2D eigenvalue weighted by Crippen LogP contribution is 2.25. The lowest BCUT2D eigenvalue weighted by molar-refractivity contribution is -0.129. The number of hydrogen-bond acceptors (Lipinski definition) is 4. The predicted molar refractivity (Wildman–Crippen MR) is 124 cm³/mol. The molecule has 0 N–H and O–H groups in total. The van der Waals surface area contributed by atoms with Gasteiger partial charge in [0.2, 0.25) is 5.91 Å². The Balaban J connectivity index is 1.88. The van der Waals surface area contributed by atoms with E-state index in [9.17, 15) is 9.59 Å². The summed E-state index contributed by atoms with van der Waals surface area (Å²) < 4.78 is 1.66. The van der Waals surface area contributed by atoms with Gasteiger partial charge < -0.3 is 4.90 Å². The summed E-state index contributed by atoms with van der Waals surface area (Å²) in [6.45, 7) is 7.01. The van der Waals surface area contributed by atoms with E-state index in [0.29, 0.717) is 34.2 Å². The molecule has 3 rings (SSSR count). The Morgan fingerprint density at radius 2 is 1.87 bits per heavy atom. The average Bonchev–Trinajstić information content (AvgIpc) is 2.71. The number of carbonyl (C=O) groups excluding carboxylic acids is 1. The van der Waals surface area contributed by atoms with Crippen molar-refractivity contribution in [2.75, 3.05) is 7.05 Å². The van der Waals surface area contributed by atoms with Crippen LogP contribution in [-0.4, -0.2) is 32.7 Å². The van der Waals surface area contributed by atoms with Crippen LogP contribution >= 0.6 is 23.4 Å². The van der Waals surface area contributed by atoms with E-state index >= 15 is 0 Å². The van der Waals surface area contributed by atoms with Crippen LogP contribution in [0.4, 0.5) is 0 Å². The maximum absolute atomic E-state index is 13.1. The first kappa shape index (κ1) is 22.4. The third kappa shape index (κ3) is 5.24. The summed E-state index contributed by atoms with van der Waals surface area (Å²) in [5, 5.41) is 1.17. The van der Waals surface area contributed by atoms with Gasteiger partial charge in [-0.25, -0.2) is 4.98 Å². The van der Waals surface area contributed by atoms with Gasteiger partial charge in [-0.05, 0) is 36.6 Å². The molecule has 0 aliphatic rings. The lowest BCUT2D eigenvalue weighted by Gasteiger charge is -2.22. The van der Waals surface area contributed by atoms with Crippen molar-refractivity contribution in [3.8, 4) is 0 Å². The van der Waals surface area contributed by atoms with Crippen LogP contribution in [0.15, 0.2) is 58.5 Å². The topological polar surface area (TPSA) is 55.2 Å². The van der Waals surface area contributed by atoms with E-state index in [-0.39, 0.29) is 22.6 Å². The third-order valence-electron chi connectivity index (χ3n) is 4.70. The van der Waals surface area contributed by atoms with Crippen LogP contribution in [0.25, 0.3) is 10.9 Å². The zero-order valence-corrected chi connectivity index (χ0v) is 19.2. The van der Waals surface area contributed by atoms with Crippen molar-refractivity contribution in [2.24, 2.45) is 5.92 Å². The van der Waals surface area contributed by atoms with E-state index in [2.05, 4.69) is 0 Å². The largest absolute Gasteiger partial charge is 0.340 e. The van der Waals surface area contributed by atoms with E-state index in [1.54, 1.807) is 34.7 Å². The summed E-state index contributed by atoms with van der Waals surface area (Å²) in [5.41, 5.74) is 1.53. The minimum Gasteiger partial charge on any atom is -0.340 e. The van der Waals surface area contributed by atoms with Crippen LogP contribution in [0.1, 0.15) is 26.3 Å². The smallest absolute Gasteiger partial charge is 0.262 e. The molecule has 0 spiro atoms. The number of fused-ring (bicyclic) bond motifs is 1. The number of carbonyl (C=O) groups is 1. The van der Waals surface area contributed by atoms with Crippen molar-refractivity contribution in [1.82, 2.24) is 14.5 Å². The molecule has 0 saturated carbocycles. The SMILES string of the molecule is CC(C)Cn1c(S[C@@H](C)C(=O)N(C)Cc2ccccc2)nc2ccc(Cl)cc2c1=O. The fraction of sp³-hybridized carbons (Fsp3) is 0.348. The van der Waals surface area contributed by atoms with Crippen molar-refractivity contribution >= 4 is 40.2 Å². The molecule has 0 radical (unpaired) electrons. The van der Waals surface area contributed by atoms with Crippen LogP contribution < -0.4 is 5.56 Å².